The third-order valence-electron chi connectivity index (χ3n) is 7.87. The summed E-state index contributed by atoms with van der Waals surface area (Å²) < 4.78 is 12.0. The van der Waals surface area contributed by atoms with E-state index in [2.05, 4.69) is 72.7 Å². The first-order valence-electron chi connectivity index (χ1n) is 12.0. The van der Waals surface area contributed by atoms with E-state index in [1.807, 2.05) is 6.92 Å². The number of hydrogen-bond acceptors (Lipinski definition) is 3. The van der Waals surface area contributed by atoms with Crippen molar-refractivity contribution < 1.29 is 14.3 Å². The molecule has 0 saturated heterocycles. The van der Waals surface area contributed by atoms with E-state index in [1.165, 1.54) is 5.56 Å². The van der Waals surface area contributed by atoms with Crippen LogP contribution in [-0.4, -0.2) is 17.7 Å². The van der Waals surface area contributed by atoms with E-state index in [4.69, 9.17) is 9.47 Å². The predicted octanol–water partition coefficient (Wildman–Crippen LogP) is 7.46. The largest absolute Gasteiger partial charge is 0.488 e. The Bertz CT molecular complexity index is 675. The number of rotatable bonds is 9. The maximum atomic E-state index is 12.6. The van der Waals surface area contributed by atoms with Crippen molar-refractivity contribution in [3.8, 4) is 5.75 Å². The van der Waals surface area contributed by atoms with Crippen molar-refractivity contribution in [3.05, 3.63) is 29.8 Å². The van der Waals surface area contributed by atoms with Gasteiger partial charge in [-0.2, -0.15) is 0 Å². The summed E-state index contributed by atoms with van der Waals surface area (Å²) in [5.41, 5.74) is 0.967. The molecule has 0 spiro atoms. The van der Waals surface area contributed by atoms with Crippen molar-refractivity contribution in [1.82, 2.24) is 0 Å². The minimum Gasteiger partial charge on any atom is -0.488 e. The molecule has 3 heteroatoms. The summed E-state index contributed by atoms with van der Waals surface area (Å²) in [6.45, 7) is 17.3. The molecule has 0 radical (unpaired) electrons. The van der Waals surface area contributed by atoms with Gasteiger partial charge in [0.2, 0.25) is 0 Å². The minimum atomic E-state index is -0.341. The molecular weight excluding hydrogens is 372 g/mol. The predicted molar refractivity (Wildman–Crippen MR) is 125 cm³/mol. The molecule has 2 rings (SSSR count). The van der Waals surface area contributed by atoms with E-state index >= 15 is 0 Å². The highest BCUT2D eigenvalue weighted by atomic mass is 16.5. The van der Waals surface area contributed by atoms with Crippen molar-refractivity contribution in [1.29, 1.82) is 0 Å². The van der Waals surface area contributed by atoms with Gasteiger partial charge in [-0.15, -0.1) is 0 Å². The zero-order valence-electron chi connectivity index (χ0n) is 20.6. The van der Waals surface area contributed by atoms with Crippen molar-refractivity contribution in [2.45, 2.75) is 117 Å². The van der Waals surface area contributed by atoms with Crippen molar-refractivity contribution >= 4 is 5.97 Å². The van der Waals surface area contributed by atoms with Gasteiger partial charge in [0.1, 0.15) is 17.5 Å². The Balaban J connectivity index is 1.96. The number of hydrogen-bond donors (Lipinski definition) is 0. The number of esters is 1. The summed E-state index contributed by atoms with van der Waals surface area (Å²) in [6, 6.07) is 8.67. The van der Waals surface area contributed by atoms with Crippen LogP contribution in [0.1, 0.15) is 106 Å². The molecule has 170 valence electrons. The molecule has 1 aliphatic carbocycles. The first-order chi connectivity index (χ1) is 14.0. The summed E-state index contributed by atoms with van der Waals surface area (Å²) in [5, 5.41) is 0. The molecule has 0 amide bonds. The molecule has 1 aliphatic rings. The van der Waals surface area contributed by atoms with Crippen LogP contribution in [0.3, 0.4) is 0 Å². The first-order valence-corrected chi connectivity index (χ1v) is 12.0. The maximum Gasteiger partial charge on any atom is 0.312 e. The Morgan fingerprint density at radius 2 is 1.40 bits per heavy atom. The van der Waals surface area contributed by atoms with Gasteiger partial charge in [-0.05, 0) is 94.7 Å². The summed E-state index contributed by atoms with van der Waals surface area (Å²) >= 11 is 0. The quantitative estimate of drug-likeness (QED) is 0.392. The first kappa shape index (κ1) is 24.8. The third-order valence-corrected chi connectivity index (χ3v) is 7.87. The second kappa shape index (κ2) is 9.75. The van der Waals surface area contributed by atoms with Gasteiger partial charge in [0.15, 0.2) is 0 Å². The fraction of sp³-hybridized carbons (Fsp3) is 0.741. The van der Waals surface area contributed by atoms with Crippen LogP contribution < -0.4 is 4.74 Å². The molecule has 1 fully saturated rings. The van der Waals surface area contributed by atoms with E-state index in [0.29, 0.717) is 5.92 Å². The standard InChI is InChI=1S/C27H44O3/c1-9-25(4,5)30-23-18-14-21(15-19-23)26(6,7)20-12-16-22(17-13-20)29-24(28)27(8,10-2)11-3/h14-15,18-20,22H,9-13,16-17H2,1-8H3. The van der Waals surface area contributed by atoms with Crippen LogP contribution in [0.4, 0.5) is 0 Å². The Labute approximate surface area is 184 Å². The molecule has 3 nitrogen and oxygen atoms in total. The van der Waals surface area contributed by atoms with Crippen molar-refractivity contribution in [2.75, 3.05) is 0 Å². The lowest BCUT2D eigenvalue weighted by Crippen LogP contribution is -2.37. The average Bonchev–Trinajstić information content (AvgIpc) is 2.73. The SMILES string of the molecule is CCC(C)(C)Oc1ccc(C(C)(C)C2CCC(OC(=O)C(C)(CC)CC)CC2)cc1. The molecule has 0 N–H and O–H groups in total. The highest BCUT2D eigenvalue weighted by Crippen LogP contribution is 2.42. The Morgan fingerprint density at radius 3 is 1.87 bits per heavy atom. The number of ether oxygens (including phenoxy) is 2. The van der Waals surface area contributed by atoms with Gasteiger partial charge in [-0.25, -0.2) is 0 Å². The zero-order valence-corrected chi connectivity index (χ0v) is 20.6. The number of carbonyl (C=O) groups is 1. The van der Waals surface area contributed by atoms with Crippen LogP contribution in [0.5, 0.6) is 5.75 Å². The number of carbonyl (C=O) groups excluding carboxylic acids is 1. The van der Waals surface area contributed by atoms with Gasteiger partial charge in [0, 0.05) is 0 Å². The van der Waals surface area contributed by atoms with Crippen LogP contribution in [0.2, 0.25) is 0 Å². The molecule has 30 heavy (non-hydrogen) atoms. The lowest BCUT2D eigenvalue weighted by molar-refractivity contribution is -0.163. The van der Waals surface area contributed by atoms with E-state index in [0.717, 1.165) is 50.7 Å². The third kappa shape index (κ3) is 5.80. The van der Waals surface area contributed by atoms with Crippen LogP contribution in [0.25, 0.3) is 0 Å². The van der Waals surface area contributed by atoms with Crippen LogP contribution in [0.15, 0.2) is 24.3 Å². The maximum absolute atomic E-state index is 12.6. The molecule has 1 saturated carbocycles. The average molecular weight is 417 g/mol. The van der Waals surface area contributed by atoms with E-state index in [9.17, 15) is 4.79 Å². The van der Waals surface area contributed by atoms with Gasteiger partial charge < -0.3 is 9.47 Å². The summed E-state index contributed by atoms with van der Waals surface area (Å²) in [6.07, 6.45) is 6.85. The highest BCUT2D eigenvalue weighted by molar-refractivity contribution is 5.76. The number of benzene rings is 1. The van der Waals surface area contributed by atoms with Gasteiger partial charge >= 0.3 is 5.97 Å². The normalized spacial score (nSPS) is 20.7. The molecule has 0 heterocycles. The molecule has 0 aromatic heterocycles. The Hall–Kier alpha value is -1.51. The monoisotopic (exact) mass is 416 g/mol. The van der Waals surface area contributed by atoms with E-state index < -0.39 is 0 Å². The lowest BCUT2D eigenvalue weighted by atomic mass is 9.67. The van der Waals surface area contributed by atoms with Crippen LogP contribution in [-0.2, 0) is 14.9 Å². The molecule has 0 bridgehead atoms. The summed E-state index contributed by atoms with van der Waals surface area (Å²) in [5.74, 6) is 1.52. The van der Waals surface area contributed by atoms with E-state index in [-0.39, 0.29) is 28.5 Å². The fourth-order valence-corrected chi connectivity index (χ4v) is 4.31. The van der Waals surface area contributed by atoms with E-state index in [1.54, 1.807) is 0 Å². The van der Waals surface area contributed by atoms with Gasteiger partial charge in [0.05, 0.1) is 5.41 Å². The van der Waals surface area contributed by atoms with Crippen molar-refractivity contribution in [2.24, 2.45) is 11.3 Å². The second-order valence-electron chi connectivity index (χ2n) is 10.6. The summed E-state index contributed by atoms with van der Waals surface area (Å²) in [4.78, 5) is 12.6. The highest BCUT2D eigenvalue weighted by Gasteiger charge is 2.38. The van der Waals surface area contributed by atoms with Gasteiger partial charge in [-0.1, -0.05) is 46.8 Å². The smallest absolute Gasteiger partial charge is 0.312 e. The van der Waals surface area contributed by atoms with Crippen LogP contribution >= 0.6 is 0 Å². The van der Waals surface area contributed by atoms with Crippen molar-refractivity contribution in [3.63, 3.8) is 0 Å². The van der Waals surface area contributed by atoms with Crippen LogP contribution in [0, 0.1) is 11.3 Å². The Kier molecular flexibility index (Phi) is 8.04. The fourth-order valence-electron chi connectivity index (χ4n) is 4.31. The molecule has 0 atom stereocenters. The van der Waals surface area contributed by atoms with Gasteiger partial charge in [0.25, 0.3) is 0 Å². The lowest BCUT2D eigenvalue weighted by Gasteiger charge is -2.40. The molecular formula is C27H44O3. The zero-order chi connectivity index (χ0) is 22.6. The topological polar surface area (TPSA) is 35.5 Å². The minimum absolute atomic E-state index is 0.0131. The molecule has 1 aromatic carbocycles. The van der Waals surface area contributed by atoms with Gasteiger partial charge in [-0.3, -0.25) is 4.79 Å². The molecule has 1 aromatic rings. The second-order valence-corrected chi connectivity index (χ2v) is 10.6. The summed E-state index contributed by atoms with van der Waals surface area (Å²) in [7, 11) is 0. The Morgan fingerprint density at radius 1 is 0.867 bits per heavy atom. The molecule has 0 aliphatic heterocycles. The molecule has 0 unspecified atom stereocenters.